The van der Waals surface area contributed by atoms with E-state index in [1.807, 2.05) is 0 Å². The molecule has 2 aromatic carbocycles. The van der Waals surface area contributed by atoms with Gasteiger partial charge in [-0.15, -0.1) is 0 Å². The molecule has 3 N–H and O–H groups in total. The lowest BCUT2D eigenvalue weighted by molar-refractivity contribution is -0.132. The Morgan fingerprint density at radius 2 is 2.03 bits per heavy atom. The topological polar surface area (TPSA) is 99.1 Å². The van der Waals surface area contributed by atoms with Crippen LogP contribution in [-0.4, -0.2) is 71.8 Å². The molecule has 1 fully saturated rings. The number of methoxy groups -OCH3 is 1. The van der Waals surface area contributed by atoms with E-state index in [0.29, 0.717) is 42.6 Å². The number of Topliss-reactive ketones (excluding diaryl/α,β-unsaturated/α-hetero) is 1. The number of aliphatic hydroxyl groups is 1. The standard InChI is InChI=1S/C27H35FN2O5/c1-18-21(9-6-10-23(18)28)24-22(25(33)19-7-5-8-20(32)13-19)14-29-15-27(24,11-12-35-4)30(17-31)16-26(2,3)34/h5-10,13,17,22,24,29,32,34H,11-12,14-16H2,1-4H3/t22-,24-,27+/m0/s1. The minimum Gasteiger partial charge on any atom is -0.508 e. The Kier molecular flexibility index (Phi) is 8.30. The van der Waals surface area contributed by atoms with Crippen LogP contribution >= 0.6 is 0 Å². The average molecular weight is 487 g/mol. The molecule has 8 heteroatoms. The highest BCUT2D eigenvalue weighted by Crippen LogP contribution is 2.46. The summed E-state index contributed by atoms with van der Waals surface area (Å²) in [5, 5.41) is 23.9. The molecule has 3 rings (SSSR count). The van der Waals surface area contributed by atoms with E-state index in [1.165, 1.54) is 23.1 Å². The highest BCUT2D eigenvalue weighted by Gasteiger charge is 2.53. The Labute approximate surface area is 205 Å². The number of benzene rings is 2. The minimum absolute atomic E-state index is 0.0137. The zero-order valence-electron chi connectivity index (χ0n) is 20.8. The Bertz CT molecular complexity index is 1050. The summed E-state index contributed by atoms with van der Waals surface area (Å²) in [7, 11) is 1.56. The predicted octanol–water partition coefficient (Wildman–Crippen LogP) is 3.03. The first kappa shape index (κ1) is 26.8. The minimum atomic E-state index is -1.20. The van der Waals surface area contributed by atoms with E-state index in [0.717, 1.165) is 0 Å². The number of phenols is 1. The van der Waals surface area contributed by atoms with Gasteiger partial charge in [-0.2, -0.15) is 0 Å². The Balaban J connectivity index is 2.25. The number of phenolic OH excluding ortho intramolecular Hbond substituents is 1. The smallest absolute Gasteiger partial charge is 0.210 e. The van der Waals surface area contributed by atoms with Gasteiger partial charge in [0.05, 0.1) is 11.1 Å². The van der Waals surface area contributed by atoms with Crippen LogP contribution in [0.3, 0.4) is 0 Å². The molecule has 1 amide bonds. The number of amides is 1. The van der Waals surface area contributed by atoms with E-state index in [2.05, 4.69) is 5.32 Å². The van der Waals surface area contributed by atoms with Gasteiger partial charge in [-0.05, 0) is 56.5 Å². The van der Waals surface area contributed by atoms with Crippen molar-refractivity contribution in [2.45, 2.75) is 44.2 Å². The molecular weight excluding hydrogens is 451 g/mol. The maximum absolute atomic E-state index is 14.8. The lowest BCUT2D eigenvalue weighted by atomic mass is 9.64. The molecule has 190 valence electrons. The molecule has 0 bridgehead atoms. The largest absolute Gasteiger partial charge is 0.508 e. The number of ether oxygens (including phenoxy) is 1. The van der Waals surface area contributed by atoms with E-state index >= 15 is 0 Å². The van der Waals surface area contributed by atoms with Gasteiger partial charge in [-0.1, -0.05) is 24.3 Å². The maximum atomic E-state index is 14.8. The second kappa shape index (κ2) is 10.8. The van der Waals surface area contributed by atoms with Crippen molar-refractivity contribution >= 4 is 12.2 Å². The van der Waals surface area contributed by atoms with Crippen LogP contribution in [0.4, 0.5) is 4.39 Å². The number of carbonyl (C=O) groups is 2. The summed E-state index contributed by atoms with van der Waals surface area (Å²) < 4.78 is 20.2. The Morgan fingerprint density at radius 3 is 2.66 bits per heavy atom. The summed E-state index contributed by atoms with van der Waals surface area (Å²) >= 11 is 0. The van der Waals surface area contributed by atoms with Crippen molar-refractivity contribution in [2.75, 3.05) is 33.4 Å². The van der Waals surface area contributed by atoms with Gasteiger partial charge < -0.3 is 25.2 Å². The number of β-amino-alcohol motifs (C(OH)–C–C–N with tert-alkyl or cyclic N) is 1. The fourth-order valence-electron chi connectivity index (χ4n) is 5.29. The van der Waals surface area contributed by atoms with Crippen LogP contribution in [-0.2, 0) is 9.53 Å². The molecule has 1 aliphatic heterocycles. The molecule has 1 heterocycles. The summed E-state index contributed by atoms with van der Waals surface area (Å²) in [4.78, 5) is 27.9. The van der Waals surface area contributed by atoms with Crippen LogP contribution in [0.15, 0.2) is 42.5 Å². The number of piperidine rings is 1. The van der Waals surface area contributed by atoms with Crippen molar-refractivity contribution in [1.29, 1.82) is 0 Å². The molecule has 0 aromatic heterocycles. The van der Waals surface area contributed by atoms with Gasteiger partial charge in [0.2, 0.25) is 6.41 Å². The summed E-state index contributed by atoms with van der Waals surface area (Å²) in [6, 6.07) is 10.9. The third-order valence-corrected chi connectivity index (χ3v) is 6.88. The summed E-state index contributed by atoms with van der Waals surface area (Å²) in [6.07, 6.45) is 1.05. The molecular formula is C27H35FN2O5. The van der Waals surface area contributed by atoms with Crippen molar-refractivity contribution in [3.05, 3.63) is 65.0 Å². The van der Waals surface area contributed by atoms with Crippen LogP contribution in [0.25, 0.3) is 0 Å². The monoisotopic (exact) mass is 486 g/mol. The second-order valence-electron chi connectivity index (χ2n) is 9.98. The number of nitrogens with one attached hydrogen (secondary N) is 1. The maximum Gasteiger partial charge on any atom is 0.210 e. The Hall–Kier alpha value is -2.81. The molecule has 1 saturated heterocycles. The predicted molar refractivity (Wildman–Crippen MR) is 131 cm³/mol. The van der Waals surface area contributed by atoms with Gasteiger partial charge in [0.25, 0.3) is 0 Å². The van der Waals surface area contributed by atoms with Crippen LogP contribution in [0.5, 0.6) is 5.75 Å². The fraction of sp³-hybridized carbons (Fsp3) is 0.481. The molecule has 2 aromatic rings. The van der Waals surface area contributed by atoms with Crippen molar-refractivity contribution in [3.8, 4) is 5.75 Å². The normalized spacial score (nSPS) is 22.6. The molecule has 0 aliphatic carbocycles. The van der Waals surface area contributed by atoms with E-state index in [4.69, 9.17) is 4.74 Å². The number of ketones is 1. The zero-order valence-corrected chi connectivity index (χ0v) is 20.8. The first-order chi connectivity index (χ1) is 16.5. The molecule has 0 spiro atoms. The lowest BCUT2D eigenvalue weighted by Gasteiger charge is -2.54. The van der Waals surface area contributed by atoms with E-state index in [-0.39, 0.29) is 24.7 Å². The number of nitrogens with zero attached hydrogens (tertiary/aromatic N) is 1. The summed E-state index contributed by atoms with van der Waals surface area (Å²) in [5.41, 5.74) is -0.831. The lowest BCUT2D eigenvalue weighted by Crippen LogP contribution is -2.67. The van der Waals surface area contributed by atoms with Gasteiger partial charge in [0, 0.05) is 50.8 Å². The number of hydrogen-bond donors (Lipinski definition) is 3. The number of rotatable bonds is 10. The molecule has 35 heavy (non-hydrogen) atoms. The van der Waals surface area contributed by atoms with E-state index in [1.54, 1.807) is 52.1 Å². The number of aromatic hydroxyl groups is 1. The first-order valence-corrected chi connectivity index (χ1v) is 11.8. The third-order valence-electron chi connectivity index (χ3n) is 6.88. The SMILES string of the molecule is COCC[C@@]1(N(C=O)CC(C)(C)O)CNC[C@H](C(=O)c2cccc(O)c2)[C@@H]1c1cccc(F)c1C. The molecule has 0 radical (unpaired) electrons. The van der Waals surface area contributed by atoms with Crippen molar-refractivity contribution in [3.63, 3.8) is 0 Å². The number of hydrogen-bond acceptors (Lipinski definition) is 6. The number of halogens is 1. The van der Waals surface area contributed by atoms with Crippen LogP contribution in [0.1, 0.15) is 47.7 Å². The molecule has 1 aliphatic rings. The van der Waals surface area contributed by atoms with Gasteiger partial charge in [0.1, 0.15) is 11.6 Å². The second-order valence-corrected chi connectivity index (χ2v) is 9.98. The fourth-order valence-corrected chi connectivity index (χ4v) is 5.29. The molecule has 0 saturated carbocycles. The Morgan fingerprint density at radius 1 is 1.31 bits per heavy atom. The molecule has 3 atom stereocenters. The van der Waals surface area contributed by atoms with E-state index < -0.39 is 28.8 Å². The van der Waals surface area contributed by atoms with Crippen LogP contribution in [0, 0.1) is 18.7 Å². The highest BCUT2D eigenvalue weighted by molar-refractivity contribution is 5.99. The van der Waals surface area contributed by atoms with E-state index in [9.17, 15) is 24.2 Å². The van der Waals surface area contributed by atoms with Crippen molar-refractivity contribution in [2.24, 2.45) is 5.92 Å². The van der Waals surface area contributed by atoms with Crippen LogP contribution in [0.2, 0.25) is 0 Å². The molecule has 0 unspecified atom stereocenters. The third kappa shape index (κ3) is 5.72. The highest BCUT2D eigenvalue weighted by atomic mass is 19.1. The van der Waals surface area contributed by atoms with Crippen molar-refractivity contribution < 1.29 is 28.9 Å². The van der Waals surface area contributed by atoms with Gasteiger partial charge in [-0.25, -0.2) is 4.39 Å². The van der Waals surface area contributed by atoms with Crippen LogP contribution < -0.4 is 5.32 Å². The summed E-state index contributed by atoms with van der Waals surface area (Å²) in [5.74, 6) is -1.92. The molecule has 7 nitrogen and oxygen atoms in total. The van der Waals surface area contributed by atoms with Crippen molar-refractivity contribution in [1.82, 2.24) is 10.2 Å². The first-order valence-electron chi connectivity index (χ1n) is 11.8. The average Bonchev–Trinajstić information content (AvgIpc) is 2.82. The summed E-state index contributed by atoms with van der Waals surface area (Å²) in [6.45, 7) is 5.83. The van der Waals surface area contributed by atoms with Gasteiger partial charge >= 0.3 is 0 Å². The zero-order chi connectivity index (χ0) is 25.8. The number of carbonyl (C=O) groups excluding carboxylic acids is 2. The van der Waals surface area contributed by atoms with Gasteiger partial charge in [0.15, 0.2) is 5.78 Å². The van der Waals surface area contributed by atoms with Gasteiger partial charge in [-0.3, -0.25) is 9.59 Å². The quantitative estimate of drug-likeness (QED) is 0.353.